The molecule has 0 aliphatic heterocycles. The number of aliphatic hydroxyl groups is 1. The molecule has 0 aromatic carbocycles. The lowest BCUT2D eigenvalue weighted by atomic mass is 9.71. The highest BCUT2D eigenvalue weighted by atomic mass is 16.3. The third-order valence-electron chi connectivity index (χ3n) is 4.06. The summed E-state index contributed by atoms with van der Waals surface area (Å²) < 4.78 is 0. The van der Waals surface area contributed by atoms with Gasteiger partial charge < -0.3 is 16.2 Å². The lowest BCUT2D eigenvalue weighted by Crippen LogP contribution is -2.50. The second-order valence-electron chi connectivity index (χ2n) is 6.50. The van der Waals surface area contributed by atoms with Crippen molar-refractivity contribution in [2.24, 2.45) is 11.1 Å². The van der Waals surface area contributed by atoms with Crippen molar-refractivity contribution in [3.8, 4) is 0 Å². The van der Waals surface area contributed by atoms with Crippen molar-refractivity contribution in [1.29, 1.82) is 0 Å². The van der Waals surface area contributed by atoms with E-state index in [-0.39, 0.29) is 5.91 Å². The summed E-state index contributed by atoms with van der Waals surface area (Å²) in [6, 6.07) is -0.446. The average molecular weight is 256 g/mol. The summed E-state index contributed by atoms with van der Waals surface area (Å²) in [6.07, 6.45) is 5.09. The number of hydrogen-bond acceptors (Lipinski definition) is 3. The van der Waals surface area contributed by atoms with Gasteiger partial charge in [-0.3, -0.25) is 4.79 Å². The number of amides is 1. The SMILES string of the molecule is CCCC(N)C(=O)NCC1(O)CCC(C)(C)CC1. The van der Waals surface area contributed by atoms with Crippen molar-refractivity contribution < 1.29 is 9.90 Å². The molecule has 4 N–H and O–H groups in total. The van der Waals surface area contributed by atoms with Crippen LogP contribution in [-0.4, -0.2) is 29.2 Å². The van der Waals surface area contributed by atoms with Gasteiger partial charge in [-0.15, -0.1) is 0 Å². The summed E-state index contributed by atoms with van der Waals surface area (Å²) in [4.78, 5) is 11.7. The molecule has 4 nitrogen and oxygen atoms in total. The number of rotatable bonds is 5. The Labute approximate surface area is 110 Å². The van der Waals surface area contributed by atoms with E-state index in [1.54, 1.807) is 0 Å². The zero-order valence-corrected chi connectivity index (χ0v) is 12.0. The van der Waals surface area contributed by atoms with Crippen LogP contribution in [0.5, 0.6) is 0 Å². The van der Waals surface area contributed by atoms with Crippen LogP contribution in [0, 0.1) is 5.41 Å². The molecule has 1 fully saturated rings. The van der Waals surface area contributed by atoms with Crippen molar-refractivity contribution in [3.05, 3.63) is 0 Å². The minimum absolute atomic E-state index is 0.143. The fourth-order valence-corrected chi connectivity index (χ4v) is 2.39. The monoisotopic (exact) mass is 256 g/mol. The molecule has 1 aliphatic carbocycles. The van der Waals surface area contributed by atoms with Crippen molar-refractivity contribution in [3.63, 3.8) is 0 Å². The lowest BCUT2D eigenvalue weighted by molar-refractivity contribution is -0.124. The third kappa shape index (κ3) is 4.58. The molecule has 0 radical (unpaired) electrons. The van der Waals surface area contributed by atoms with E-state index < -0.39 is 11.6 Å². The third-order valence-corrected chi connectivity index (χ3v) is 4.06. The maximum absolute atomic E-state index is 11.7. The van der Waals surface area contributed by atoms with Crippen LogP contribution >= 0.6 is 0 Å². The standard InChI is InChI=1S/C14H28N2O2/c1-4-5-11(15)12(17)16-10-14(18)8-6-13(2,3)7-9-14/h11,18H,4-10,15H2,1-3H3,(H,16,17). The zero-order valence-electron chi connectivity index (χ0n) is 12.0. The minimum Gasteiger partial charge on any atom is -0.388 e. The quantitative estimate of drug-likeness (QED) is 0.699. The van der Waals surface area contributed by atoms with E-state index in [0.717, 1.165) is 32.1 Å². The van der Waals surface area contributed by atoms with Crippen molar-refractivity contribution in [2.45, 2.75) is 70.9 Å². The van der Waals surface area contributed by atoms with Gasteiger partial charge in [-0.05, 0) is 37.5 Å². The van der Waals surface area contributed by atoms with Gasteiger partial charge >= 0.3 is 0 Å². The topological polar surface area (TPSA) is 75.4 Å². The van der Waals surface area contributed by atoms with Gasteiger partial charge in [0.1, 0.15) is 0 Å². The van der Waals surface area contributed by atoms with Crippen LogP contribution in [0.3, 0.4) is 0 Å². The zero-order chi connectivity index (χ0) is 13.8. The van der Waals surface area contributed by atoms with Gasteiger partial charge in [0.25, 0.3) is 0 Å². The molecular formula is C14H28N2O2. The number of nitrogens with one attached hydrogen (secondary N) is 1. The van der Waals surface area contributed by atoms with E-state index in [4.69, 9.17) is 5.73 Å². The van der Waals surface area contributed by atoms with Crippen molar-refractivity contribution in [2.75, 3.05) is 6.54 Å². The molecule has 0 saturated heterocycles. The second-order valence-corrected chi connectivity index (χ2v) is 6.50. The first-order valence-corrected chi connectivity index (χ1v) is 7.04. The van der Waals surface area contributed by atoms with Crippen molar-refractivity contribution in [1.82, 2.24) is 5.32 Å². The molecule has 0 heterocycles. The summed E-state index contributed by atoms with van der Waals surface area (Å²) in [5, 5.41) is 13.2. The lowest BCUT2D eigenvalue weighted by Gasteiger charge is -2.40. The normalized spacial score (nSPS) is 23.4. The summed E-state index contributed by atoms with van der Waals surface area (Å²) in [5.74, 6) is -0.143. The van der Waals surface area contributed by atoms with E-state index in [1.165, 1.54) is 0 Å². The second kappa shape index (κ2) is 6.02. The Hall–Kier alpha value is -0.610. The molecule has 0 spiro atoms. The van der Waals surface area contributed by atoms with Crippen LogP contribution in [0.25, 0.3) is 0 Å². The smallest absolute Gasteiger partial charge is 0.237 e. The summed E-state index contributed by atoms with van der Waals surface area (Å²) >= 11 is 0. The van der Waals surface area contributed by atoms with Crippen molar-refractivity contribution >= 4 is 5.91 Å². The molecule has 18 heavy (non-hydrogen) atoms. The Morgan fingerprint density at radius 2 is 1.89 bits per heavy atom. The first-order valence-electron chi connectivity index (χ1n) is 7.04. The van der Waals surface area contributed by atoms with E-state index in [9.17, 15) is 9.90 Å². The number of carbonyl (C=O) groups is 1. The van der Waals surface area contributed by atoms with Crippen LogP contribution in [0.1, 0.15) is 59.3 Å². The largest absolute Gasteiger partial charge is 0.388 e. The molecule has 0 aromatic rings. The number of carbonyl (C=O) groups excluding carboxylic acids is 1. The Balaban J connectivity index is 2.37. The average Bonchev–Trinajstić information content (AvgIpc) is 2.31. The van der Waals surface area contributed by atoms with E-state index in [0.29, 0.717) is 18.4 Å². The van der Waals surface area contributed by atoms with Gasteiger partial charge in [0.2, 0.25) is 5.91 Å². The van der Waals surface area contributed by atoms with E-state index in [1.807, 2.05) is 6.92 Å². The van der Waals surface area contributed by atoms with Crippen LogP contribution in [0.4, 0.5) is 0 Å². The summed E-state index contributed by atoms with van der Waals surface area (Å²) in [6.45, 7) is 6.79. The van der Waals surface area contributed by atoms with E-state index in [2.05, 4.69) is 19.2 Å². The Morgan fingerprint density at radius 1 is 1.33 bits per heavy atom. The Bertz CT molecular complexity index is 280. The molecular weight excluding hydrogens is 228 g/mol. The molecule has 106 valence electrons. The van der Waals surface area contributed by atoms with Gasteiger partial charge in [-0.2, -0.15) is 0 Å². The molecule has 4 heteroatoms. The van der Waals surface area contributed by atoms with Crippen LogP contribution < -0.4 is 11.1 Å². The van der Waals surface area contributed by atoms with E-state index >= 15 is 0 Å². The molecule has 1 saturated carbocycles. The predicted octanol–water partition coefficient (Wildman–Crippen LogP) is 1.56. The Morgan fingerprint density at radius 3 is 2.39 bits per heavy atom. The number of nitrogens with two attached hydrogens (primary N) is 1. The fraction of sp³-hybridized carbons (Fsp3) is 0.929. The molecule has 1 atom stereocenters. The van der Waals surface area contributed by atoms with Gasteiger partial charge in [0.15, 0.2) is 0 Å². The van der Waals surface area contributed by atoms with Gasteiger partial charge in [0.05, 0.1) is 11.6 Å². The van der Waals surface area contributed by atoms with Crippen LogP contribution in [0.2, 0.25) is 0 Å². The fourth-order valence-electron chi connectivity index (χ4n) is 2.39. The van der Waals surface area contributed by atoms with Crippen LogP contribution in [-0.2, 0) is 4.79 Å². The predicted molar refractivity (Wildman–Crippen MR) is 73.1 cm³/mol. The molecule has 1 rings (SSSR count). The molecule has 0 aromatic heterocycles. The maximum atomic E-state index is 11.7. The first-order chi connectivity index (χ1) is 8.28. The molecule has 1 unspecified atom stereocenters. The molecule has 0 bridgehead atoms. The highest BCUT2D eigenvalue weighted by Gasteiger charge is 2.36. The summed E-state index contributed by atoms with van der Waals surface area (Å²) in [5.41, 5.74) is 5.31. The van der Waals surface area contributed by atoms with Gasteiger partial charge in [-0.1, -0.05) is 27.2 Å². The highest BCUT2D eigenvalue weighted by molar-refractivity contribution is 5.81. The summed E-state index contributed by atoms with van der Waals surface area (Å²) in [7, 11) is 0. The Kier molecular flexibility index (Phi) is 5.17. The minimum atomic E-state index is -0.739. The van der Waals surface area contributed by atoms with Crippen LogP contribution in [0.15, 0.2) is 0 Å². The van der Waals surface area contributed by atoms with Gasteiger partial charge in [-0.25, -0.2) is 0 Å². The maximum Gasteiger partial charge on any atom is 0.237 e. The molecule has 1 aliphatic rings. The highest BCUT2D eigenvalue weighted by Crippen LogP contribution is 2.39. The number of hydrogen-bond donors (Lipinski definition) is 3. The van der Waals surface area contributed by atoms with Gasteiger partial charge in [0, 0.05) is 6.54 Å². The first kappa shape index (κ1) is 15.4. The molecule has 1 amide bonds.